The molecule has 0 saturated carbocycles. The van der Waals surface area contributed by atoms with Crippen LogP contribution in [0.2, 0.25) is 0 Å². The zero-order valence-electron chi connectivity index (χ0n) is 22.2. The first kappa shape index (κ1) is 23.3. The van der Waals surface area contributed by atoms with Gasteiger partial charge in [0.25, 0.3) is 0 Å². The average molecular weight is 528 g/mol. The van der Waals surface area contributed by atoms with Crippen molar-refractivity contribution in [2.24, 2.45) is 0 Å². The number of nitrogens with zero attached hydrogens (tertiary/aromatic N) is 2. The second-order valence-corrected chi connectivity index (χ2v) is 10.2. The maximum Gasteiger partial charge on any atom is 0.144 e. The van der Waals surface area contributed by atoms with Crippen LogP contribution in [0.25, 0.3) is 45.1 Å². The van der Waals surface area contributed by atoms with Crippen LogP contribution in [0.1, 0.15) is 11.1 Å². The summed E-state index contributed by atoms with van der Waals surface area (Å²) in [5.74, 6) is 2.43. The Labute approximate surface area is 237 Å². The monoisotopic (exact) mass is 527 g/mol. The van der Waals surface area contributed by atoms with E-state index in [1.165, 1.54) is 10.8 Å². The minimum atomic E-state index is 0.760. The molecular weight excluding hydrogens is 502 g/mol. The maximum atomic E-state index is 6.48. The number of ether oxygens (including phenoxy) is 1. The van der Waals surface area contributed by atoms with Crippen LogP contribution < -0.4 is 9.64 Å². The van der Waals surface area contributed by atoms with Gasteiger partial charge in [0.2, 0.25) is 0 Å². The maximum absolute atomic E-state index is 6.48. The van der Waals surface area contributed by atoms with Gasteiger partial charge in [-0.1, -0.05) is 84.9 Å². The van der Waals surface area contributed by atoms with E-state index in [0.29, 0.717) is 0 Å². The number of rotatable bonds is 4. The summed E-state index contributed by atoms with van der Waals surface area (Å²) in [7, 11) is 0. The Bertz CT molecular complexity index is 2060. The molecule has 41 heavy (non-hydrogen) atoms. The van der Waals surface area contributed by atoms with Crippen LogP contribution in [-0.4, -0.2) is 9.97 Å². The molecule has 7 aromatic rings. The molecule has 0 bridgehead atoms. The van der Waals surface area contributed by atoms with Crippen molar-refractivity contribution in [3.05, 3.63) is 145 Å². The van der Waals surface area contributed by atoms with E-state index in [1.54, 1.807) is 0 Å². The molecule has 1 aliphatic rings. The van der Waals surface area contributed by atoms with Gasteiger partial charge in [-0.05, 0) is 59.7 Å². The van der Waals surface area contributed by atoms with Gasteiger partial charge in [-0.3, -0.25) is 4.90 Å². The van der Waals surface area contributed by atoms with Crippen LogP contribution in [-0.2, 0) is 0 Å². The highest BCUT2D eigenvalue weighted by Crippen LogP contribution is 2.42. The van der Waals surface area contributed by atoms with Gasteiger partial charge in [-0.2, -0.15) is 0 Å². The van der Waals surface area contributed by atoms with Crippen LogP contribution in [0.5, 0.6) is 11.5 Å². The fourth-order valence-corrected chi connectivity index (χ4v) is 5.78. The summed E-state index contributed by atoms with van der Waals surface area (Å²) in [6, 6.07) is 43.8. The lowest BCUT2D eigenvalue weighted by Gasteiger charge is -2.26. The van der Waals surface area contributed by atoms with Crippen molar-refractivity contribution in [2.45, 2.75) is 0 Å². The van der Waals surface area contributed by atoms with Gasteiger partial charge in [0.1, 0.15) is 17.3 Å². The number of pyridine rings is 1. The molecule has 0 fully saturated rings. The molecule has 5 aromatic carbocycles. The highest BCUT2D eigenvalue weighted by atomic mass is 16.5. The molecule has 1 aliphatic heterocycles. The predicted octanol–water partition coefficient (Wildman–Crippen LogP) is 10.1. The Balaban J connectivity index is 1.17. The third-order valence-electron chi connectivity index (χ3n) is 7.65. The van der Waals surface area contributed by atoms with Crippen molar-refractivity contribution in [1.29, 1.82) is 0 Å². The lowest BCUT2D eigenvalue weighted by atomic mass is 10.0. The zero-order chi connectivity index (χ0) is 27.2. The third-order valence-corrected chi connectivity index (χ3v) is 7.65. The number of aromatic amines is 1. The van der Waals surface area contributed by atoms with Crippen LogP contribution >= 0.6 is 0 Å². The smallest absolute Gasteiger partial charge is 0.144 e. The summed E-state index contributed by atoms with van der Waals surface area (Å²) in [4.78, 5) is 10.6. The summed E-state index contributed by atoms with van der Waals surface area (Å²) in [5, 5.41) is 2.45. The molecule has 3 heterocycles. The van der Waals surface area contributed by atoms with E-state index in [9.17, 15) is 0 Å². The van der Waals surface area contributed by atoms with E-state index in [2.05, 4.69) is 119 Å². The highest BCUT2D eigenvalue weighted by Gasteiger charge is 2.21. The van der Waals surface area contributed by atoms with Crippen molar-refractivity contribution >= 4 is 51.2 Å². The Morgan fingerprint density at radius 1 is 0.610 bits per heavy atom. The molecule has 0 atom stereocenters. The summed E-state index contributed by atoms with van der Waals surface area (Å²) in [6.07, 6.45) is 6.11. The molecule has 4 nitrogen and oxygen atoms in total. The molecule has 0 radical (unpaired) electrons. The van der Waals surface area contributed by atoms with Crippen LogP contribution in [0, 0.1) is 0 Å². The van der Waals surface area contributed by atoms with Crippen LogP contribution in [0.4, 0.5) is 17.2 Å². The third kappa shape index (κ3) is 4.05. The Hall–Kier alpha value is -5.61. The lowest BCUT2D eigenvalue weighted by Crippen LogP contribution is -2.13. The molecule has 0 spiro atoms. The second-order valence-electron chi connectivity index (χ2n) is 10.2. The molecule has 0 amide bonds. The average Bonchev–Trinajstić information content (AvgIpc) is 3.32. The fourth-order valence-electron chi connectivity index (χ4n) is 5.78. The first-order chi connectivity index (χ1) is 20.3. The lowest BCUT2D eigenvalue weighted by molar-refractivity contribution is 0.483. The molecule has 0 unspecified atom stereocenters. The van der Waals surface area contributed by atoms with E-state index < -0.39 is 0 Å². The SMILES string of the molecule is C1=Cc2cccnc2N(c2cccc(Oc3cccc(-c4cccc5c4[nH]c4ccccc45)c3)c2)c2ccccc21. The first-order valence-corrected chi connectivity index (χ1v) is 13.7. The second kappa shape index (κ2) is 9.54. The molecule has 0 aliphatic carbocycles. The fraction of sp³-hybridized carbons (Fsp3) is 0. The summed E-state index contributed by atoms with van der Waals surface area (Å²) in [5.41, 5.74) is 8.78. The van der Waals surface area contributed by atoms with Gasteiger partial charge < -0.3 is 9.72 Å². The van der Waals surface area contributed by atoms with Crippen molar-refractivity contribution < 1.29 is 4.74 Å². The summed E-state index contributed by atoms with van der Waals surface area (Å²) >= 11 is 0. The van der Waals surface area contributed by atoms with E-state index in [0.717, 1.165) is 62.0 Å². The van der Waals surface area contributed by atoms with Crippen molar-refractivity contribution in [3.8, 4) is 22.6 Å². The van der Waals surface area contributed by atoms with Crippen LogP contribution in [0.3, 0.4) is 0 Å². The Morgan fingerprint density at radius 3 is 2.34 bits per heavy atom. The quantitative estimate of drug-likeness (QED) is 0.248. The number of H-pyrrole nitrogens is 1. The predicted molar refractivity (Wildman–Crippen MR) is 169 cm³/mol. The van der Waals surface area contributed by atoms with E-state index in [-0.39, 0.29) is 0 Å². The number of benzene rings is 5. The van der Waals surface area contributed by atoms with E-state index in [1.807, 2.05) is 36.5 Å². The van der Waals surface area contributed by atoms with Crippen molar-refractivity contribution in [3.63, 3.8) is 0 Å². The number of fused-ring (bicyclic) bond motifs is 5. The van der Waals surface area contributed by atoms with Gasteiger partial charge in [0, 0.05) is 39.7 Å². The Morgan fingerprint density at radius 2 is 1.37 bits per heavy atom. The van der Waals surface area contributed by atoms with E-state index >= 15 is 0 Å². The van der Waals surface area contributed by atoms with Crippen LogP contribution in [0.15, 0.2) is 134 Å². The van der Waals surface area contributed by atoms with Gasteiger partial charge >= 0.3 is 0 Å². The van der Waals surface area contributed by atoms with Gasteiger partial charge in [0.05, 0.1) is 16.9 Å². The normalized spacial score (nSPS) is 12.2. The standard InChI is InChI=1S/C37H25N3O/c1-4-19-35-25(9-1)20-21-26-11-8-22-38-37(26)40(35)28-12-6-14-30(24-28)41-29-13-5-10-27(23-29)31-16-7-17-33-32-15-2-3-18-34(32)39-36(31)33/h1-24,39H. The molecular formula is C37H25N3O. The first-order valence-electron chi connectivity index (χ1n) is 13.7. The number of nitrogens with one attached hydrogen (secondary N) is 1. The minimum absolute atomic E-state index is 0.760. The van der Waals surface area contributed by atoms with E-state index in [4.69, 9.17) is 9.72 Å². The number of hydrogen-bond donors (Lipinski definition) is 1. The largest absolute Gasteiger partial charge is 0.457 e. The van der Waals surface area contributed by atoms with Crippen molar-refractivity contribution in [1.82, 2.24) is 9.97 Å². The summed E-state index contributed by atoms with van der Waals surface area (Å²) < 4.78 is 6.48. The molecule has 8 rings (SSSR count). The zero-order valence-corrected chi connectivity index (χ0v) is 22.2. The minimum Gasteiger partial charge on any atom is -0.457 e. The Kier molecular flexibility index (Phi) is 5.42. The molecule has 2 aromatic heterocycles. The number of hydrogen-bond acceptors (Lipinski definition) is 3. The highest BCUT2D eigenvalue weighted by molar-refractivity contribution is 6.11. The number of aromatic nitrogens is 2. The molecule has 4 heteroatoms. The van der Waals surface area contributed by atoms with Gasteiger partial charge in [0.15, 0.2) is 0 Å². The van der Waals surface area contributed by atoms with Gasteiger partial charge in [-0.15, -0.1) is 0 Å². The molecule has 1 N–H and O–H groups in total. The number of anilines is 3. The van der Waals surface area contributed by atoms with Gasteiger partial charge in [-0.25, -0.2) is 4.98 Å². The number of para-hydroxylation sites is 3. The molecule has 0 saturated heterocycles. The molecule has 194 valence electrons. The topological polar surface area (TPSA) is 41.2 Å². The van der Waals surface area contributed by atoms with Crippen molar-refractivity contribution in [2.75, 3.05) is 4.90 Å². The summed E-state index contributed by atoms with van der Waals surface area (Å²) in [6.45, 7) is 0.